The number of carbonyl (C=O) groups excluding carboxylic acids is 1. The van der Waals surface area contributed by atoms with Gasteiger partial charge in [0.25, 0.3) is 0 Å². The van der Waals surface area contributed by atoms with Gasteiger partial charge < -0.3 is 10.6 Å². The van der Waals surface area contributed by atoms with Crippen molar-refractivity contribution in [1.29, 1.82) is 0 Å². The predicted octanol–water partition coefficient (Wildman–Crippen LogP) is 2.14. The summed E-state index contributed by atoms with van der Waals surface area (Å²) < 4.78 is 14.0. The van der Waals surface area contributed by atoms with Gasteiger partial charge in [-0.3, -0.25) is 4.79 Å². The van der Waals surface area contributed by atoms with E-state index in [1.165, 1.54) is 6.07 Å². The molecule has 0 heterocycles. The van der Waals surface area contributed by atoms with Gasteiger partial charge >= 0.3 is 0 Å². The highest BCUT2D eigenvalue weighted by atomic mass is 79.9. The number of benzene rings is 1. The van der Waals surface area contributed by atoms with Gasteiger partial charge in [-0.2, -0.15) is 0 Å². The lowest BCUT2D eigenvalue weighted by Crippen LogP contribution is -2.20. The molecule has 0 unspecified atom stereocenters. The van der Waals surface area contributed by atoms with Crippen molar-refractivity contribution in [1.82, 2.24) is 5.32 Å². The molecule has 0 bridgehead atoms. The molecule has 82 valence electrons. The maximum atomic E-state index is 13.3. The first kappa shape index (κ1) is 12.0. The Kier molecular flexibility index (Phi) is 4.55. The van der Waals surface area contributed by atoms with Crippen LogP contribution in [0.5, 0.6) is 0 Å². The van der Waals surface area contributed by atoms with Gasteiger partial charge in [0, 0.05) is 24.5 Å². The topological polar surface area (TPSA) is 41.1 Å². The number of hydrogen-bond donors (Lipinski definition) is 2. The number of nitrogens with one attached hydrogen (secondary N) is 2. The van der Waals surface area contributed by atoms with E-state index in [-0.39, 0.29) is 11.7 Å². The minimum absolute atomic E-state index is 0.0694. The van der Waals surface area contributed by atoms with Gasteiger partial charge in [0.1, 0.15) is 5.82 Å². The Morgan fingerprint density at radius 1 is 1.53 bits per heavy atom. The molecular weight excluding hydrogens is 263 g/mol. The minimum atomic E-state index is -0.332. The second kappa shape index (κ2) is 5.70. The molecule has 0 radical (unpaired) electrons. The number of halogens is 2. The molecule has 15 heavy (non-hydrogen) atoms. The molecule has 0 aliphatic rings. The number of amides is 1. The fraction of sp³-hybridized carbons (Fsp3) is 0.300. The molecule has 0 aliphatic heterocycles. The average Bonchev–Trinajstić information content (AvgIpc) is 2.21. The van der Waals surface area contributed by atoms with Crippen LogP contribution in [0, 0.1) is 5.82 Å². The van der Waals surface area contributed by atoms with Crippen LogP contribution in [0.2, 0.25) is 0 Å². The molecule has 2 N–H and O–H groups in total. The van der Waals surface area contributed by atoms with Gasteiger partial charge in [0.2, 0.25) is 5.91 Å². The summed E-state index contributed by atoms with van der Waals surface area (Å²) in [6, 6.07) is 4.75. The molecule has 0 atom stereocenters. The van der Waals surface area contributed by atoms with Crippen LogP contribution in [-0.4, -0.2) is 19.5 Å². The van der Waals surface area contributed by atoms with E-state index in [1.807, 2.05) is 0 Å². The van der Waals surface area contributed by atoms with Crippen LogP contribution in [0.1, 0.15) is 6.42 Å². The van der Waals surface area contributed by atoms with Crippen molar-refractivity contribution in [3.63, 3.8) is 0 Å². The second-order valence-electron chi connectivity index (χ2n) is 2.97. The average molecular weight is 275 g/mol. The first-order valence-corrected chi connectivity index (χ1v) is 5.32. The van der Waals surface area contributed by atoms with Crippen LogP contribution in [0.25, 0.3) is 0 Å². The zero-order valence-corrected chi connectivity index (χ0v) is 9.90. The Bertz CT molecular complexity index is 357. The predicted molar refractivity (Wildman–Crippen MR) is 61.3 cm³/mol. The van der Waals surface area contributed by atoms with Gasteiger partial charge in [-0.15, -0.1) is 0 Å². The first-order valence-electron chi connectivity index (χ1n) is 4.53. The standard InChI is InChI=1S/C10H12BrFN2O/c1-13-10(15)4-5-14-9-3-2-7(11)6-8(9)12/h2-3,6,14H,4-5H2,1H3,(H,13,15). The van der Waals surface area contributed by atoms with Crippen molar-refractivity contribution in [3.05, 3.63) is 28.5 Å². The number of anilines is 1. The van der Waals surface area contributed by atoms with Gasteiger partial charge in [-0.1, -0.05) is 15.9 Å². The molecule has 0 aromatic heterocycles. The Balaban J connectivity index is 2.47. The molecule has 5 heteroatoms. The summed E-state index contributed by atoms with van der Waals surface area (Å²) >= 11 is 3.17. The molecule has 1 amide bonds. The van der Waals surface area contributed by atoms with E-state index in [4.69, 9.17) is 0 Å². The van der Waals surface area contributed by atoms with Crippen molar-refractivity contribution in [2.24, 2.45) is 0 Å². The van der Waals surface area contributed by atoms with Gasteiger partial charge in [-0.25, -0.2) is 4.39 Å². The van der Waals surface area contributed by atoms with Crippen LogP contribution in [0.15, 0.2) is 22.7 Å². The zero-order chi connectivity index (χ0) is 11.3. The van der Waals surface area contributed by atoms with E-state index >= 15 is 0 Å². The third-order valence-electron chi connectivity index (χ3n) is 1.88. The van der Waals surface area contributed by atoms with Crippen molar-refractivity contribution < 1.29 is 9.18 Å². The SMILES string of the molecule is CNC(=O)CCNc1ccc(Br)cc1F. The monoisotopic (exact) mass is 274 g/mol. The lowest BCUT2D eigenvalue weighted by Gasteiger charge is -2.06. The summed E-state index contributed by atoms with van der Waals surface area (Å²) in [6.07, 6.45) is 0.325. The highest BCUT2D eigenvalue weighted by Crippen LogP contribution is 2.18. The first-order chi connectivity index (χ1) is 7.13. The fourth-order valence-electron chi connectivity index (χ4n) is 1.07. The van der Waals surface area contributed by atoms with Crippen LogP contribution in [-0.2, 0) is 4.79 Å². The summed E-state index contributed by atoms with van der Waals surface area (Å²) in [5, 5.41) is 5.34. The minimum Gasteiger partial charge on any atom is -0.382 e. The smallest absolute Gasteiger partial charge is 0.221 e. The lowest BCUT2D eigenvalue weighted by atomic mass is 10.3. The normalized spacial score (nSPS) is 9.80. The third-order valence-corrected chi connectivity index (χ3v) is 2.37. The van der Waals surface area contributed by atoms with Gasteiger partial charge in [0.15, 0.2) is 0 Å². The Morgan fingerprint density at radius 2 is 2.27 bits per heavy atom. The van der Waals surface area contributed by atoms with Crippen LogP contribution >= 0.6 is 15.9 Å². The van der Waals surface area contributed by atoms with Crippen molar-refractivity contribution in [3.8, 4) is 0 Å². The third kappa shape index (κ3) is 3.87. The maximum absolute atomic E-state index is 13.3. The fourth-order valence-corrected chi connectivity index (χ4v) is 1.40. The van der Waals surface area contributed by atoms with E-state index in [0.717, 1.165) is 0 Å². The van der Waals surface area contributed by atoms with E-state index in [0.29, 0.717) is 23.1 Å². The largest absolute Gasteiger partial charge is 0.382 e. The summed E-state index contributed by atoms with van der Waals surface area (Å²) in [4.78, 5) is 10.9. The molecule has 0 aliphatic carbocycles. The molecule has 1 aromatic rings. The van der Waals surface area contributed by atoms with Gasteiger partial charge in [-0.05, 0) is 18.2 Å². The van der Waals surface area contributed by atoms with E-state index in [1.54, 1.807) is 19.2 Å². The molecule has 0 saturated heterocycles. The maximum Gasteiger partial charge on any atom is 0.221 e. The van der Waals surface area contributed by atoms with Crippen molar-refractivity contribution >= 4 is 27.5 Å². The number of rotatable bonds is 4. The molecule has 0 saturated carbocycles. The Morgan fingerprint density at radius 3 is 2.87 bits per heavy atom. The molecule has 1 rings (SSSR count). The molecule has 3 nitrogen and oxygen atoms in total. The second-order valence-corrected chi connectivity index (χ2v) is 3.89. The molecular formula is C10H12BrFN2O. The van der Waals surface area contributed by atoms with Crippen molar-refractivity contribution in [2.45, 2.75) is 6.42 Å². The molecule has 0 spiro atoms. The van der Waals surface area contributed by atoms with Crippen LogP contribution < -0.4 is 10.6 Å². The van der Waals surface area contributed by atoms with E-state index in [2.05, 4.69) is 26.6 Å². The lowest BCUT2D eigenvalue weighted by molar-refractivity contribution is -0.120. The molecule has 0 fully saturated rings. The summed E-state index contributed by atoms with van der Waals surface area (Å²) in [7, 11) is 1.57. The highest BCUT2D eigenvalue weighted by Gasteiger charge is 2.02. The van der Waals surface area contributed by atoms with Crippen molar-refractivity contribution in [2.75, 3.05) is 18.9 Å². The van der Waals surface area contributed by atoms with Crippen LogP contribution in [0.4, 0.5) is 10.1 Å². The number of hydrogen-bond acceptors (Lipinski definition) is 2. The highest BCUT2D eigenvalue weighted by molar-refractivity contribution is 9.10. The van der Waals surface area contributed by atoms with E-state index < -0.39 is 0 Å². The van der Waals surface area contributed by atoms with Crippen LogP contribution in [0.3, 0.4) is 0 Å². The quantitative estimate of drug-likeness (QED) is 0.883. The molecule has 1 aromatic carbocycles. The Hall–Kier alpha value is -1.10. The summed E-state index contributed by atoms with van der Waals surface area (Å²) in [5.74, 6) is -0.402. The van der Waals surface area contributed by atoms with E-state index in [9.17, 15) is 9.18 Å². The Labute approximate surface area is 96.2 Å². The summed E-state index contributed by atoms with van der Waals surface area (Å²) in [5.41, 5.74) is 0.405. The number of carbonyl (C=O) groups is 1. The van der Waals surface area contributed by atoms with Gasteiger partial charge in [0.05, 0.1) is 5.69 Å². The zero-order valence-electron chi connectivity index (χ0n) is 8.31. The summed E-state index contributed by atoms with van der Waals surface area (Å²) in [6.45, 7) is 0.415.